The molecule has 7 heteroatoms. The first-order valence-electron chi connectivity index (χ1n) is 10.4. The number of amides is 1. The number of carbonyl (C=O) groups excluding carboxylic acids is 1. The van der Waals surface area contributed by atoms with E-state index in [2.05, 4.69) is 15.0 Å². The monoisotopic (exact) mass is 457 g/mol. The number of nitrogens with one attached hydrogen (secondary N) is 2. The fraction of sp³-hybridized carbons (Fsp3) is 0.0769. The van der Waals surface area contributed by atoms with Crippen LogP contribution in [0.15, 0.2) is 102 Å². The fourth-order valence-electron chi connectivity index (χ4n) is 3.27. The third-order valence-corrected chi connectivity index (χ3v) is 6.50. The highest BCUT2D eigenvalue weighted by Crippen LogP contribution is 2.19. The number of aryl methyl sites for hydroxylation is 1. The van der Waals surface area contributed by atoms with Crippen molar-refractivity contribution < 1.29 is 13.2 Å². The Kier molecular flexibility index (Phi) is 6.51. The molecule has 33 heavy (non-hydrogen) atoms. The lowest BCUT2D eigenvalue weighted by Crippen LogP contribution is -2.14. The number of hydrogen-bond acceptors (Lipinski definition) is 4. The van der Waals surface area contributed by atoms with Crippen molar-refractivity contribution in [1.82, 2.24) is 4.98 Å². The van der Waals surface area contributed by atoms with Crippen LogP contribution in [0.2, 0.25) is 0 Å². The number of nitrogens with zero attached hydrogens (tertiary/aromatic N) is 1. The van der Waals surface area contributed by atoms with Crippen LogP contribution >= 0.6 is 0 Å². The summed E-state index contributed by atoms with van der Waals surface area (Å²) in [5, 5.41) is 2.86. The average Bonchev–Trinajstić information content (AvgIpc) is 2.81. The van der Waals surface area contributed by atoms with Gasteiger partial charge in [-0.3, -0.25) is 14.5 Å². The predicted octanol–water partition coefficient (Wildman–Crippen LogP) is 5.03. The Labute approximate surface area is 193 Å². The van der Waals surface area contributed by atoms with Crippen molar-refractivity contribution in [2.24, 2.45) is 0 Å². The molecule has 0 aliphatic carbocycles. The van der Waals surface area contributed by atoms with Gasteiger partial charge in [-0.2, -0.15) is 0 Å². The van der Waals surface area contributed by atoms with E-state index in [4.69, 9.17) is 0 Å². The maximum absolute atomic E-state index is 12.6. The van der Waals surface area contributed by atoms with Crippen LogP contribution in [0.3, 0.4) is 0 Å². The quantitative estimate of drug-likeness (QED) is 0.407. The summed E-state index contributed by atoms with van der Waals surface area (Å²) in [5.41, 5.74) is 4.77. The van der Waals surface area contributed by atoms with Gasteiger partial charge in [-0.25, -0.2) is 8.42 Å². The van der Waals surface area contributed by atoms with Gasteiger partial charge >= 0.3 is 0 Å². The van der Waals surface area contributed by atoms with E-state index in [1.165, 1.54) is 5.56 Å². The Bertz CT molecular complexity index is 1340. The molecule has 6 nitrogen and oxygen atoms in total. The molecule has 0 atom stereocenters. The number of pyridine rings is 1. The molecular formula is C26H23N3O3S. The first-order valence-corrected chi connectivity index (χ1v) is 11.9. The zero-order chi connectivity index (χ0) is 23.3. The van der Waals surface area contributed by atoms with Crippen molar-refractivity contribution in [3.63, 3.8) is 0 Å². The fourth-order valence-corrected chi connectivity index (χ4v) is 4.33. The summed E-state index contributed by atoms with van der Waals surface area (Å²) in [5.74, 6) is -0.273. The van der Waals surface area contributed by atoms with Crippen molar-refractivity contribution in [3.8, 4) is 0 Å². The van der Waals surface area contributed by atoms with E-state index in [1.807, 2.05) is 43.3 Å². The van der Waals surface area contributed by atoms with E-state index in [0.717, 1.165) is 17.5 Å². The number of rotatable bonds is 7. The molecule has 0 radical (unpaired) electrons. The summed E-state index contributed by atoms with van der Waals surface area (Å²) in [6.07, 6.45) is 4.32. The summed E-state index contributed by atoms with van der Waals surface area (Å²) >= 11 is 0. The van der Waals surface area contributed by atoms with E-state index in [1.54, 1.807) is 60.9 Å². The van der Waals surface area contributed by atoms with Gasteiger partial charge in [0, 0.05) is 29.3 Å². The first-order chi connectivity index (χ1) is 15.9. The van der Waals surface area contributed by atoms with E-state index in [9.17, 15) is 13.2 Å². The number of aromatic nitrogens is 1. The molecule has 0 fully saturated rings. The molecule has 0 bridgehead atoms. The number of benzene rings is 3. The molecule has 1 amide bonds. The van der Waals surface area contributed by atoms with Crippen LogP contribution in [0.5, 0.6) is 0 Å². The van der Waals surface area contributed by atoms with Crippen LogP contribution in [0, 0.1) is 6.92 Å². The van der Waals surface area contributed by atoms with Crippen LogP contribution in [-0.4, -0.2) is 19.3 Å². The minimum Gasteiger partial charge on any atom is -0.322 e. The van der Waals surface area contributed by atoms with Gasteiger partial charge in [-0.15, -0.1) is 0 Å². The normalized spacial score (nSPS) is 11.1. The van der Waals surface area contributed by atoms with Crippen LogP contribution in [-0.2, 0) is 16.4 Å². The molecule has 1 aromatic heterocycles. The molecule has 3 aromatic carbocycles. The van der Waals surface area contributed by atoms with Gasteiger partial charge < -0.3 is 5.32 Å². The number of carbonyl (C=O) groups is 1. The van der Waals surface area contributed by atoms with E-state index in [-0.39, 0.29) is 10.8 Å². The summed E-state index contributed by atoms with van der Waals surface area (Å²) in [6, 6.07) is 24.5. The molecule has 0 unspecified atom stereocenters. The second-order valence-electron chi connectivity index (χ2n) is 7.68. The first kappa shape index (κ1) is 22.2. The highest BCUT2D eigenvalue weighted by atomic mass is 32.2. The SMILES string of the molecule is Cc1ccc(S(=O)(=O)Nc2ccc(C(=O)Nc3ccc(Cc4ccncc4)cc3)cc2)cc1. The molecule has 166 valence electrons. The Morgan fingerprint density at radius 1 is 0.758 bits per heavy atom. The highest BCUT2D eigenvalue weighted by Gasteiger charge is 2.14. The third-order valence-electron chi connectivity index (χ3n) is 5.10. The number of hydrogen-bond donors (Lipinski definition) is 2. The van der Waals surface area contributed by atoms with Gasteiger partial charge in [-0.1, -0.05) is 29.8 Å². The lowest BCUT2D eigenvalue weighted by Gasteiger charge is -2.10. The molecule has 4 rings (SSSR count). The van der Waals surface area contributed by atoms with Crippen molar-refractivity contribution in [3.05, 3.63) is 120 Å². The van der Waals surface area contributed by atoms with Crippen molar-refractivity contribution in [1.29, 1.82) is 0 Å². The van der Waals surface area contributed by atoms with Gasteiger partial charge in [0.1, 0.15) is 0 Å². The number of anilines is 2. The van der Waals surface area contributed by atoms with Gasteiger partial charge in [0.25, 0.3) is 15.9 Å². The average molecular weight is 458 g/mol. The van der Waals surface area contributed by atoms with E-state index < -0.39 is 10.0 Å². The van der Waals surface area contributed by atoms with Crippen molar-refractivity contribution >= 4 is 27.3 Å². The smallest absolute Gasteiger partial charge is 0.261 e. The molecular weight excluding hydrogens is 434 g/mol. The molecule has 0 saturated heterocycles. The highest BCUT2D eigenvalue weighted by molar-refractivity contribution is 7.92. The topological polar surface area (TPSA) is 88.2 Å². The lowest BCUT2D eigenvalue weighted by atomic mass is 10.1. The minimum absolute atomic E-state index is 0.183. The number of sulfonamides is 1. The molecule has 0 spiro atoms. The molecule has 0 saturated carbocycles. The molecule has 0 aliphatic rings. The summed E-state index contributed by atoms with van der Waals surface area (Å²) in [4.78, 5) is 16.8. The summed E-state index contributed by atoms with van der Waals surface area (Å²) in [6.45, 7) is 1.89. The maximum atomic E-state index is 12.6. The van der Waals surface area contributed by atoms with Gasteiger partial charge in [0.15, 0.2) is 0 Å². The summed E-state index contributed by atoms with van der Waals surface area (Å²) in [7, 11) is -3.69. The Morgan fingerprint density at radius 3 is 1.97 bits per heavy atom. The standard InChI is InChI=1S/C26H23N3O3S/c1-19-2-12-25(13-3-19)33(31,32)29-24-10-6-22(7-11-24)26(30)28-23-8-4-20(5-9-23)18-21-14-16-27-17-15-21/h2-17,29H,18H2,1H3,(H,28,30). The summed E-state index contributed by atoms with van der Waals surface area (Å²) < 4.78 is 27.6. The van der Waals surface area contributed by atoms with Crippen LogP contribution < -0.4 is 10.0 Å². The van der Waals surface area contributed by atoms with Gasteiger partial charge in [-0.05, 0) is 85.1 Å². The Hall–Kier alpha value is -3.97. The largest absolute Gasteiger partial charge is 0.322 e. The lowest BCUT2D eigenvalue weighted by molar-refractivity contribution is 0.102. The van der Waals surface area contributed by atoms with Crippen LogP contribution in [0.25, 0.3) is 0 Å². The van der Waals surface area contributed by atoms with Gasteiger partial charge in [0.05, 0.1) is 4.90 Å². The zero-order valence-electron chi connectivity index (χ0n) is 18.0. The van der Waals surface area contributed by atoms with E-state index in [0.29, 0.717) is 16.9 Å². The van der Waals surface area contributed by atoms with Gasteiger partial charge in [0.2, 0.25) is 0 Å². The Morgan fingerprint density at radius 2 is 1.33 bits per heavy atom. The molecule has 2 N–H and O–H groups in total. The zero-order valence-corrected chi connectivity index (χ0v) is 18.8. The minimum atomic E-state index is -3.69. The molecule has 1 heterocycles. The third kappa shape index (κ3) is 5.84. The molecule has 0 aliphatic heterocycles. The second kappa shape index (κ2) is 9.67. The van der Waals surface area contributed by atoms with Crippen molar-refractivity contribution in [2.75, 3.05) is 10.0 Å². The maximum Gasteiger partial charge on any atom is 0.261 e. The van der Waals surface area contributed by atoms with E-state index >= 15 is 0 Å². The second-order valence-corrected chi connectivity index (χ2v) is 9.36. The predicted molar refractivity (Wildman–Crippen MR) is 130 cm³/mol. The van der Waals surface area contributed by atoms with Crippen LogP contribution in [0.4, 0.5) is 11.4 Å². The van der Waals surface area contributed by atoms with Crippen LogP contribution in [0.1, 0.15) is 27.0 Å². The molecule has 4 aromatic rings. The Balaban J connectivity index is 1.37. The van der Waals surface area contributed by atoms with Crippen molar-refractivity contribution in [2.45, 2.75) is 18.2 Å².